The molecule has 0 bridgehead atoms. The Morgan fingerprint density at radius 3 is 2.94 bits per heavy atom. The predicted octanol–water partition coefficient (Wildman–Crippen LogP) is 1.31. The van der Waals surface area contributed by atoms with Crippen molar-refractivity contribution in [3.8, 4) is 11.8 Å². The fraction of sp³-hybridized carbons (Fsp3) is 0.250. The molecule has 0 saturated heterocycles. The third kappa shape index (κ3) is 1.31. The minimum Gasteiger partial charge on any atom is -0.506 e. The normalized spacial score (nSPS) is 14.8. The van der Waals surface area contributed by atoms with E-state index in [1.54, 1.807) is 22.9 Å². The van der Waals surface area contributed by atoms with E-state index in [2.05, 4.69) is 4.98 Å². The van der Waals surface area contributed by atoms with Crippen molar-refractivity contribution in [1.82, 2.24) is 9.55 Å². The Morgan fingerprint density at radius 1 is 1.53 bits per heavy atom. The summed E-state index contributed by atoms with van der Waals surface area (Å²) in [5, 5.41) is 19.3. The molecule has 3 rings (SSSR count). The van der Waals surface area contributed by atoms with E-state index in [0.717, 1.165) is 12.8 Å². The number of hydrogen-bond acceptors (Lipinski definition) is 4. The lowest BCUT2D eigenvalue weighted by Crippen LogP contribution is -2.22. The average Bonchev–Trinajstić information content (AvgIpc) is 3.14. The lowest BCUT2D eigenvalue weighted by atomic mass is 10.1. The van der Waals surface area contributed by atoms with Crippen molar-refractivity contribution in [2.45, 2.75) is 18.9 Å². The van der Waals surface area contributed by atoms with Crippen LogP contribution in [0.25, 0.3) is 10.9 Å². The predicted molar refractivity (Wildman–Crippen MR) is 60.7 cm³/mol. The van der Waals surface area contributed by atoms with E-state index in [0.29, 0.717) is 10.9 Å². The smallest absolute Gasteiger partial charge is 0.273 e. The molecule has 0 radical (unpaired) electrons. The van der Waals surface area contributed by atoms with Crippen molar-refractivity contribution in [3.05, 3.63) is 34.4 Å². The van der Waals surface area contributed by atoms with E-state index >= 15 is 0 Å². The van der Waals surface area contributed by atoms with Crippen molar-refractivity contribution in [2.24, 2.45) is 0 Å². The fourth-order valence-corrected chi connectivity index (χ4v) is 2.04. The number of aromatic hydroxyl groups is 1. The zero-order chi connectivity index (χ0) is 12.0. The Bertz CT molecular complexity index is 708. The summed E-state index contributed by atoms with van der Waals surface area (Å²) in [5.41, 5.74) is -0.0138. The second-order valence-electron chi connectivity index (χ2n) is 4.13. The van der Waals surface area contributed by atoms with Gasteiger partial charge in [-0.3, -0.25) is 9.78 Å². The van der Waals surface area contributed by atoms with Gasteiger partial charge >= 0.3 is 0 Å². The third-order valence-electron chi connectivity index (χ3n) is 3.01. The second kappa shape index (κ2) is 3.32. The van der Waals surface area contributed by atoms with E-state index in [9.17, 15) is 9.90 Å². The minimum absolute atomic E-state index is 0.141. The van der Waals surface area contributed by atoms with Gasteiger partial charge in [-0.15, -0.1) is 0 Å². The molecule has 2 aromatic heterocycles. The van der Waals surface area contributed by atoms with Crippen LogP contribution >= 0.6 is 0 Å². The molecule has 0 aliphatic heterocycles. The van der Waals surface area contributed by atoms with Crippen LogP contribution in [-0.4, -0.2) is 14.7 Å². The SMILES string of the molecule is N#Cc1c(O)c2ccncc2n(C2CC2)c1=O. The molecule has 1 aliphatic carbocycles. The Labute approximate surface area is 96.6 Å². The van der Waals surface area contributed by atoms with E-state index in [4.69, 9.17) is 5.26 Å². The molecule has 0 atom stereocenters. The first kappa shape index (κ1) is 9.85. The number of hydrogen-bond donors (Lipinski definition) is 1. The van der Waals surface area contributed by atoms with Crippen LogP contribution < -0.4 is 5.56 Å². The van der Waals surface area contributed by atoms with Gasteiger partial charge in [0.15, 0.2) is 5.56 Å². The van der Waals surface area contributed by atoms with Gasteiger partial charge in [-0.2, -0.15) is 5.26 Å². The minimum atomic E-state index is -0.423. The maximum absolute atomic E-state index is 12.1. The molecule has 5 nitrogen and oxygen atoms in total. The molecule has 2 heterocycles. The molecule has 1 fully saturated rings. The number of pyridine rings is 2. The largest absolute Gasteiger partial charge is 0.506 e. The van der Waals surface area contributed by atoms with Gasteiger partial charge < -0.3 is 9.67 Å². The van der Waals surface area contributed by atoms with Gasteiger partial charge in [-0.1, -0.05) is 0 Å². The van der Waals surface area contributed by atoms with Gasteiger partial charge in [0.1, 0.15) is 11.8 Å². The Kier molecular flexibility index (Phi) is 1.92. The summed E-state index contributed by atoms with van der Waals surface area (Å²) in [6.45, 7) is 0. The highest BCUT2D eigenvalue weighted by Crippen LogP contribution is 2.37. The summed E-state index contributed by atoms with van der Waals surface area (Å²) in [6.07, 6.45) is 4.94. The van der Waals surface area contributed by atoms with Crippen LogP contribution in [0.3, 0.4) is 0 Å². The summed E-state index contributed by atoms with van der Waals surface area (Å²) < 4.78 is 1.57. The first-order valence-corrected chi connectivity index (χ1v) is 5.35. The lowest BCUT2D eigenvalue weighted by molar-refractivity contribution is 0.476. The van der Waals surface area contributed by atoms with Crippen LogP contribution in [-0.2, 0) is 0 Å². The van der Waals surface area contributed by atoms with Gasteiger partial charge in [0.25, 0.3) is 5.56 Å². The number of nitriles is 1. The molecule has 17 heavy (non-hydrogen) atoms. The molecule has 1 N–H and O–H groups in total. The fourth-order valence-electron chi connectivity index (χ4n) is 2.04. The molecule has 1 aliphatic rings. The number of fused-ring (bicyclic) bond motifs is 1. The summed E-state index contributed by atoms with van der Waals surface area (Å²) in [7, 11) is 0. The first-order valence-electron chi connectivity index (χ1n) is 5.35. The lowest BCUT2D eigenvalue weighted by Gasteiger charge is -2.10. The van der Waals surface area contributed by atoms with Crippen LogP contribution in [0.1, 0.15) is 24.4 Å². The highest BCUT2D eigenvalue weighted by Gasteiger charge is 2.28. The Balaban J connectivity index is 2.53. The third-order valence-corrected chi connectivity index (χ3v) is 3.01. The van der Waals surface area contributed by atoms with Crippen molar-refractivity contribution in [3.63, 3.8) is 0 Å². The zero-order valence-electron chi connectivity index (χ0n) is 8.92. The van der Waals surface area contributed by atoms with Gasteiger partial charge in [0.05, 0.1) is 11.7 Å². The molecule has 0 aromatic carbocycles. The highest BCUT2D eigenvalue weighted by atomic mass is 16.3. The molecule has 5 heteroatoms. The quantitative estimate of drug-likeness (QED) is 0.796. The van der Waals surface area contributed by atoms with E-state index < -0.39 is 5.56 Å². The van der Waals surface area contributed by atoms with Gasteiger partial charge in [0, 0.05) is 17.6 Å². The summed E-state index contributed by atoms with van der Waals surface area (Å²) in [4.78, 5) is 16.0. The second-order valence-corrected chi connectivity index (χ2v) is 4.13. The summed E-state index contributed by atoms with van der Waals surface area (Å²) in [6, 6.07) is 3.53. The van der Waals surface area contributed by atoms with Crippen molar-refractivity contribution in [1.29, 1.82) is 5.26 Å². The standard InChI is InChI=1S/C12H9N3O2/c13-5-9-11(16)8-3-4-14-6-10(8)15(12(9)17)7-1-2-7/h3-4,6-7,16H,1-2H2. The van der Waals surface area contributed by atoms with Crippen molar-refractivity contribution >= 4 is 10.9 Å². The molecular weight excluding hydrogens is 218 g/mol. The number of aromatic nitrogens is 2. The zero-order valence-corrected chi connectivity index (χ0v) is 8.92. The number of nitrogens with zero attached hydrogens (tertiary/aromatic N) is 3. The molecule has 0 spiro atoms. The van der Waals surface area contributed by atoms with Crippen LogP contribution in [0, 0.1) is 11.3 Å². The van der Waals surface area contributed by atoms with Crippen molar-refractivity contribution in [2.75, 3.05) is 0 Å². The molecular formula is C12H9N3O2. The first-order chi connectivity index (χ1) is 8.24. The highest BCUT2D eigenvalue weighted by molar-refractivity contribution is 5.86. The molecule has 0 amide bonds. The summed E-state index contributed by atoms with van der Waals surface area (Å²) in [5.74, 6) is -0.244. The van der Waals surface area contributed by atoms with Crippen LogP contribution in [0.4, 0.5) is 0 Å². The summed E-state index contributed by atoms with van der Waals surface area (Å²) >= 11 is 0. The molecule has 0 unspecified atom stereocenters. The van der Waals surface area contributed by atoms with Crippen LogP contribution in [0.15, 0.2) is 23.3 Å². The van der Waals surface area contributed by atoms with E-state index in [1.165, 1.54) is 6.20 Å². The van der Waals surface area contributed by atoms with E-state index in [-0.39, 0.29) is 17.4 Å². The van der Waals surface area contributed by atoms with Crippen LogP contribution in [0.5, 0.6) is 5.75 Å². The average molecular weight is 227 g/mol. The molecule has 2 aromatic rings. The van der Waals surface area contributed by atoms with E-state index in [1.807, 2.05) is 0 Å². The van der Waals surface area contributed by atoms with Gasteiger partial charge in [-0.25, -0.2) is 0 Å². The molecule has 1 saturated carbocycles. The maximum Gasteiger partial charge on any atom is 0.273 e. The Hall–Kier alpha value is -2.35. The molecule has 84 valence electrons. The maximum atomic E-state index is 12.1. The number of rotatable bonds is 1. The van der Waals surface area contributed by atoms with Gasteiger partial charge in [-0.05, 0) is 18.9 Å². The topological polar surface area (TPSA) is 78.9 Å². The Morgan fingerprint density at radius 2 is 2.29 bits per heavy atom. The van der Waals surface area contributed by atoms with Crippen molar-refractivity contribution < 1.29 is 5.11 Å². The van der Waals surface area contributed by atoms with Crippen LogP contribution in [0.2, 0.25) is 0 Å². The van der Waals surface area contributed by atoms with Gasteiger partial charge in [0.2, 0.25) is 0 Å². The monoisotopic (exact) mass is 227 g/mol.